The lowest BCUT2D eigenvalue weighted by molar-refractivity contribution is -0.0450. The molecule has 2 aliphatic heterocycles. The number of aliphatic hydroxyl groups is 1. The average molecular weight is 1180 g/mol. The van der Waals surface area contributed by atoms with E-state index in [4.69, 9.17) is 24.8 Å². The number of carbonyl (C=O) groups is 2. The van der Waals surface area contributed by atoms with Crippen LogP contribution in [0, 0.1) is 12.3 Å². The minimum absolute atomic E-state index is 0.0111. The second kappa shape index (κ2) is 22.5. The number of nitrogen functional groups attached to an aromatic ring is 1. The Morgan fingerprint density at radius 2 is 1.53 bits per heavy atom. The number of carboxylic acid groups (broad SMARTS) is 1. The summed E-state index contributed by atoms with van der Waals surface area (Å²) in [5.74, 6) is -5.01. The smallest absolute Gasteiger partial charge is 0.478 e. The summed E-state index contributed by atoms with van der Waals surface area (Å²) >= 11 is 0. The second-order valence-electron chi connectivity index (χ2n) is 16.4. The number of hydrogen-bond acceptors (Lipinski definition) is 21. The predicted molar refractivity (Wildman–Crippen MR) is 255 cm³/mol. The first-order chi connectivity index (χ1) is 34.6. The number of H-pyrrole nitrogens is 1. The summed E-state index contributed by atoms with van der Waals surface area (Å²) in [4.78, 5) is 89.7. The largest absolute Gasteiger partial charge is 0.488 e. The van der Waals surface area contributed by atoms with E-state index in [0.29, 0.717) is 6.42 Å². The van der Waals surface area contributed by atoms with E-state index in [0.717, 1.165) is 41.1 Å². The van der Waals surface area contributed by atoms with E-state index in [1.807, 2.05) is 4.98 Å². The number of ether oxygens (including phenoxy) is 1. The molecule has 1 fully saturated rings. The normalized spacial score (nSPS) is 19.5. The Morgan fingerprint density at radius 1 is 0.880 bits per heavy atom. The van der Waals surface area contributed by atoms with Crippen LogP contribution in [0.3, 0.4) is 0 Å². The van der Waals surface area contributed by atoms with Crippen LogP contribution >= 0.6 is 30.8 Å². The summed E-state index contributed by atoms with van der Waals surface area (Å²) in [5, 5.41) is 30.3. The van der Waals surface area contributed by atoms with Gasteiger partial charge in [0.25, 0.3) is 31.7 Å². The quantitative estimate of drug-likeness (QED) is 0.0147. The van der Waals surface area contributed by atoms with Crippen LogP contribution in [0.25, 0.3) is 33.4 Å². The van der Waals surface area contributed by atoms with Gasteiger partial charge in [-0.3, -0.25) is 47.3 Å². The van der Waals surface area contributed by atoms with E-state index in [1.165, 1.54) is 19.1 Å². The Morgan fingerprint density at radius 3 is 2.19 bits per heavy atom. The maximum Gasteiger partial charge on any atom is 0.488 e. The van der Waals surface area contributed by atoms with Crippen LogP contribution in [0.1, 0.15) is 64.6 Å². The lowest BCUT2D eigenvalue weighted by Gasteiger charge is -2.21. The van der Waals surface area contributed by atoms with Crippen molar-refractivity contribution < 1.29 is 110 Å². The predicted octanol–water partition coefficient (Wildman–Crippen LogP) is 2.85. The Bertz CT molecular complexity index is 3680. The van der Waals surface area contributed by atoms with E-state index in [-0.39, 0.29) is 65.4 Å². The molecule has 1 aromatic heterocycles. The van der Waals surface area contributed by atoms with Crippen molar-refractivity contribution in [2.75, 3.05) is 31.4 Å². The van der Waals surface area contributed by atoms with Gasteiger partial charge in [-0.1, -0.05) is 18.9 Å². The van der Waals surface area contributed by atoms with Gasteiger partial charge in [-0.25, -0.2) is 23.0 Å². The first-order valence-corrected chi connectivity index (χ1v) is 30.6. The SMILES string of the molecule is Cc1cn([C@H]2CC(O)[C@@H](COP(=O)(O)OP(=O)(O)OP(=O)(O)CP(=O)(O)OCCCCCCNC(=O)c3ccc(-c4c5ccc(=N)c(S(=O)(=O)O)c-5oc5c(S(=O)(=O)O)c(N)ccc45)c(C(=O)O)c3)O2)c(=O)[nH]c1=O. The van der Waals surface area contributed by atoms with Crippen molar-refractivity contribution >= 4 is 79.6 Å². The number of amides is 1. The minimum Gasteiger partial charge on any atom is -0.478 e. The van der Waals surface area contributed by atoms with Crippen LogP contribution in [0.4, 0.5) is 5.69 Å². The van der Waals surface area contributed by atoms with Gasteiger partial charge in [-0.05, 0) is 61.7 Å². The Balaban J connectivity index is 0.997. The molecule has 0 bridgehead atoms. The van der Waals surface area contributed by atoms with Gasteiger partial charge in [-0.15, -0.1) is 0 Å². The first kappa shape index (κ1) is 59.1. The molecule has 3 heterocycles. The second-order valence-corrected chi connectivity index (χ2v) is 26.5. The van der Waals surface area contributed by atoms with E-state index in [1.54, 1.807) is 0 Å². The summed E-state index contributed by atoms with van der Waals surface area (Å²) in [6.07, 6.45) is -2.33. The monoisotopic (exact) mass is 1180 g/mol. The molecule has 1 aliphatic carbocycles. The van der Waals surface area contributed by atoms with Crippen LogP contribution in [-0.4, -0.2) is 115 Å². The number of carbonyl (C=O) groups excluding carboxylic acids is 1. The molecule has 3 aromatic rings. The van der Waals surface area contributed by atoms with Gasteiger partial charge in [0.05, 0.1) is 35.9 Å². The topological polar surface area (TPSA) is 509 Å². The van der Waals surface area contributed by atoms with Gasteiger partial charge in [0.1, 0.15) is 12.3 Å². The fourth-order valence-electron chi connectivity index (χ4n) is 7.59. The summed E-state index contributed by atoms with van der Waals surface area (Å²) in [6.45, 7) is -0.164. The molecular weight excluding hydrogens is 1130 g/mol. The van der Waals surface area contributed by atoms with Crippen LogP contribution in [0.5, 0.6) is 0 Å². The molecule has 7 atom stereocenters. The number of rotatable bonds is 23. The highest BCUT2D eigenvalue weighted by atomic mass is 32.2. The molecule has 0 radical (unpaired) electrons. The number of hydrogen-bond donors (Lipinski definition) is 12. The highest BCUT2D eigenvalue weighted by Gasteiger charge is 2.46. The minimum atomic E-state index is -6.04. The molecule has 5 unspecified atom stereocenters. The van der Waals surface area contributed by atoms with Crippen molar-refractivity contribution in [3.63, 3.8) is 0 Å². The lowest BCUT2D eigenvalue weighted by atomic mass is 9.89. The third-order valence-electron chi connectivity index (χ3n) is 10.8. The average Bonchev–Trinajstić information content (AvgIpc) is 3.63. The highest BCUT2D eigenvalue weighted by Crippen LogP contribution is 2.70. The third-order valence-corrected chi connectivity index (χ3v) is 20.1. The van der Waals surface area contributed by atoms with Crippen molar-refractivity contribution in [2.45, 2.75) is 67.3 Å². The Kier molecular flexibility index (Phi) is 17.7. The molecule has 3 aliphatic rings. The first-order valence-electron chi connectivity index (χ1n) is 21.2. The molecule has 13 N–H and O–H groups in total. The Labute approximate surface area is 421 Å². The third kappa shape index (κ3) is 14.5. The number of phosphoric acid groups is 2. The molecule has 0 saturated carbocycles. The molecule has 1 saturated heterocycles. The molecule has 37 heteroatoms. The number of anilines is 1. The van der Waals surface area contributed by atoms with Crippen LogP contribution in [-0.2, 0) is 60.9 Å². The maximum atomic E-state index is 13.2. The van der Waals surface area contributed by atoms with Crippen molar-refractivity contribution in [1.82, 2.24) is 14.9 Å². The van der Waals surface area contributed by atoms with Crippen LogP contribution < -0.4 is 27.7 Å². The number of phosphoric ester groups is 1. The van der Waals surface area contributed by atoms with Gasteiger partial charge in [-0.2, -0.15) is 21.1 Å². The van der Waals surface area contributed by atoms with Crippen molar-refractivity contribution in [3.05, 3.63) is 91.5 Å². The summed E-state index contributed by atoms with van der Waals surface area (Å²) in [7, 11) is -32.9. The molecule has 31 nitrogen and oxygen atoms in total. The van der Waals surface area contributed by atoms with Gasteiger partial charge >= 0.3 is 42.5 Å². The van der Waals surface area contributed by atoms with Gasteiger partial charge in [0, 0.05) is 46.8 Å². The van der Waals surface area contributed by atoms with Crippen molar-refractivity contribution in [2.24, 2.45) is 0 Å². The molecule has 2 aromatic carbocycles. The zero-order chi connectivity index (χ0) is 55.8. The van der Waals surface area contributed by atoms with E-state index in [2.05, 4.69) is 18.5 Å². The molecule has 6 rings (SSSR count). The Hall–Kier alpha value is -5.11. The molecule has 75 heavy (non-hydrogen) atoms. The summed E-state index contributed by atoms with van der Waals surface area (Å²) in [6, 6.07) is 7.57. The zero-order valence-electron chi connectivity index (χ0n) is 38.3. The number of aromatic amines is 1. The number of benzene rings is 3. The van der Waals surface area contributed by atoms with Gasteiger partial charge in [0.2, 0.25) is 0 Å². The van der Waals surface area contributed by atoms with E-state index in [9.17, 15) is 93.2 Å². The van der Waals surface area contributed by atoms with Crippen LogP contribution in [0.2, 0.25) is 0 Å². The number of nitrogens with two attached hydrogens (primary N) is 1. The number of aryl methyl sites for hydroxylation is 1. The number of carboxylic acids is 1. The fraction of sp³-hybridized carbons (Fsp3) is 0.342. The summed E-state index contributed by atoms with van der Waals surface area (Å²) < 4.78 is 149. The molecule has 0 spiro atoms. The number of aromatic carboxylic acids is 1. The maximum absolute atomic E-state index is 13.2. The number of fused-ring (bicyclic) bond motifs is 2. The lowest BCUT2D eigenvalue weighted by Crippen LogP contribution is -2.33. The highest BCUT2D eigenvalue weighted by molar-refractivity contribution is 7.86. The van der Waals surface area contributed by atoms with Crippen molar-refractivity contribution in [3.8, 4) is 22.5 Å². The number of unbranched alkanes of at least 4 members (excludes halogenated alkanes) is 3. The standard InChI is InChI=1S/C38H45N5O26P4S2/c1-19-16-43(38(49)42-35(19)45)29-15-27(44)28(66-29)17-65-72(54,55)69-73(56,57)68-71(52,53)18-70(50,51)64-13-5-3-2-4-12-41-36(46)20-6-7-21(24(14-20)37(47)48)30-22-8-10-25(39)33(74(58,59)60)31(22)67-32-23(30)9-11-26(40)34(32)75(61,62)63/h6-11,14,16,27-29,39,44H,2-5,12-13,15,17-18,40H2,1H3,(H,41,46)(H,47,48)(H,50,51)(H,52,53)(H,54,55)(H,56,57)(H,42,45,49)(H,58,59,60)(H,61,62,63)/t27?,28-,29-/m1/s1. The fourth-order valence-corrected chi connectivity index (χ4v) is 15.5. The number of nitrogens with zero attached hydrogens (tertiary/aromatic N) is 1. The van der Waals surface area contributed by atoms with Crippen molar-refractivity contribution in [1.29, 1.82) is 5.41 Å². The summed E-state index contributed by atoms with van der Waals surface area (Å²) in [5.41, 5.74) is 1.52. The number of aliphatic hydroxyl groups excluding tert-OH is 1. The zero-order valence-corrected chi connectivity index (χ0v) is 43.5. The molecular formula is C38H45N5O26P4S2. The molecule has 410 valence electrons. The van der Waals surface area contributed by atoms with Gasteiger partial charge in [0.15, 0.2) is 27.0 Å². The van der Waals surface area contributed by atoms with E-state index < -0.39 is 149 Å². The van der Waals surface area contributed by atoms with E-state index >= 15 is 0 Å². The number of aromatic nitrogens is 2. The van der Waals surface area contributed by atoms with Gasteiger partial charge < -0.3 is 54.5 Å². The number of nitrogens with one attached hydrogen (secondary N) is 3. The molecule has 1 amide bonds. The van der Waals surface area contributed by atoms with Crippen LogP contribution in [0.15, 0.2) is 72.5 Å².